The van der Waals surface area contributed by atoms with Gasteiger partial charge in [-0.1, -0.05) is 19.8 Å². The van der Waals surface area contributed by atoms with Crippen molar-refractivity contribution < 1.29 is 14.7 Å². The first-order valence-electron chi connectivity index (χ1n) is 7.32. The summed E-state index contributed by atoms with van der Waals surface area (Å²) in [6, 6.07) is 1.72. The number of carboxylic acids is 1. The second-order valence-corrected chi connectivity index (χ2v) is 6.62. The van der Waals surface area contributed by atoms with Crippen LogP contribution in [-0.4, -0.2) is 27.1 Å². The van der Waals surface area contributed by atoms with E-state index in [0.717, 1.165) is 23.7 Å². The maximum Gasteiger partial charge on any atom is 0.329 e. The average molecular weight is 357 g/mol. The van der Waals surface area contributed by atoms with E-state index in [4.69, 9.17) is 0 Å². The Hall–Kier alpha value is -1.30. The van der Waals surface area contributed by atoms with Gasteiger partial charge in [0.25, 0.3) is 5.91 Å². The largest absolute Gasteiger partial charge is 0.479 e. The van der Waals surface area contributed by atoms with Gasteiger partial charge in [0, 0.05) is 17.2 Å². The zero-order chi connectivity index (χ0) is 15.6. The lowest BCUT2D eigenvalue weighted by Crippen LogP contribution is -2.60. The van der Waals surface area contributed by atoms with Crippen molar-refractivity contribution in [3.05, 3.63) is 22.4 Å². The first-order chi connectivity index (χ1) is 9.90. The second-order valence-electron chi connectivity index (χ2n) is 5.71. The van der Waals surface area contributed by atoms with E-state index in [9.17, 15) is 14.7 Å². The summed E-state index contributed by atoms with van der Waals surface area (Å²) in [6.07, 6.45) is 4.99. The molecule has 2 unspecified atom stereocenters. The predicted molar refractivity (Wildman–Crippen MR) is 83.3 cm³/mol. The van der Waals surface area contributed by atoms with Crippen LogP contribution in [0.3, 0.4) is 0 Å². The molecule has 1 saturated carbocycles. The van der Waals surface area contributed by atoms with Crippen molar-refractivity contribution >= 4 is 27.8 Å². The van der Waals surface area contributed by atoms with Crippen LogP contribution in [-0.2, 0) is 11.3 Å². The van der Waals surface area contributed by atoms with E-state index < -0.39 is 11.5 Å². The Morgan fingerprint density at radius 3 is 2.81 bits per heavy atom. The monoisotopic (exact) mass is 356 g/mol. The molecule has 6 heteroatoms. The van der Waals surface area contributed by atoms with E-state index in [2.05, 4.69) is 21.2 Å². The lowest BCUT2D eigenvalue weighted by molar-refractivity contribution is -0.148. The highest BCUT2D eigenvalue weighted by molar-refractivity contribution is 9.10. The van der Waals surface area contributed by atoms with Crippen LogP contribution in [0.15, 0.2) is 16.7 Å². The number of nitrogens with one attached hydrogen (secondary N) is 1. The van der Waals surface area contributed by atoms with Gasteiger partial charge in [-0.3, -0.25) is 4.79 Å². The fourth-order valence-corrected chi connectivity index (χ4v) is 3.56. The van der Waals surface area contributed by atoms with Crippen LogP contribution >= 0.6 is 15.9 Å². The molecular weight excluding hydrogens is 336 g/mol. The standard InChI is InChI=1S/C15H21BrN2O3/c1-3-18-9-11(16)8-12(18)13(19)17-15(14(20)21)7-5-4-6-10(15)2/h8-10H,3-7H2,1-2H3,(H,17,19)(H,20,21). The molecule has 0 spiro atoms. The quantitative estimate of drug-likeness (QED) is 0.870. The van der Waals surface area contributed by atoms with Crippen molar-refractivity contribution in [3.63, 3.8) is 0 Å². The maximum atomic E-state index is 12.5. The molecule has 1 aromatic heterocycles. The molecule has 1 aliphatic carbocycles. The van der Waals surface area contributed by atoms with E-state index in [1.54, 1.807) is 6.07 Å². The van der Waals surface area contributed by atoms with Crippen molar-refractivity contribution in [1.82, 2.24) is 9.88 Å². The van der Waals surface area contributed by atoms with E-state index in [1.165, 1.54) is 0 Å². The number of carboxylic acid groups (broad SMARTS) is 1. The van der Waals surface area contributed by atoms with Crippen LogP contribution in [0.25, 0.3) is 0 Å². The summed E-state index contributed by atoms with van der Waals surface area (Å²) in [5, 5.41) is 12.5. The molecule has 0 aromatic carbocycles. The molecule has 5 nitrogen and oxygen atoms in total. The van der Waals surface area contributed by atoms with E-state index >= 15 is 0 Å². The van der Waals surface area contributed by atoms with Crippen LogP contribution in [0.5, 0.6) is 0 Å². The lowest BCUT2D eigenvalue weighted by atomic mass is 9.73. The number of aliphatic carboxylic acids is 1. The molecule has 0 saturated heterocycles. The number of carbonyl (C=O) groups is 2. The average Bonchev–Trinajstić information content (AvgIpc) is 2.82. The van der Waals surface area contributed by atoms with E-state index in [1.807, 2.05) is 24.6 Å². The fraction of sp³-hybridized carbons (Fsp3) is 0.600. The Balaban J connectivity index is 2.28. The topological polar surface area (TPSA) is 71.3 Å². The van der Waals surface area contributed by atoms with Gasteiger partial charge in [-0.15, -0.1) is 0 Å². The molecule has 116 valence electrons. The third-order valence-corrected chi connectivity index (χ3v) is 4.89. The zero-order valence-electron chi connectivity index (χ0n) is 12.4. The number of aryl methyl sites for hydroxylation is 1. The molecule has 1 aromatic rings. The van der Waals surface area contributed by atoms with Crippen molar-refractivity contribution in [2.24, 2.45) is 5.92 Å². The van der Waals surface area contributed by atoms with Crippen molar-refractivity contribution in [3.8, 4) is 0 Å². The fourth-order valence-electron chi connectivity index (χ4n) is 3.10. The van der Waals surface area contributed by atoms with Gasteiger partial charge >= 0.3 is 5.97 Å². The highest BCUT2D eigenvalue weighted by Crippen LogP contribution is 2.34. The Kier molecular flexibility index (Phi) is 4.76. The van der Waals surface area contributed by atoms with E-state index in [-0.39, 0.29) is 11.8 Å². The van der Waals surface area contributed by atoms with Crippen LogP contribution in [0.2, 0.25) is 0 Å². The molecule has 1 amide bonds. The minimum atomic E-state index is -1.15. The zero-order valence-corrected chi connectivity index (χ0v) is 13.9. The molecule has 2 N–H and O–H groups in total. The first kappa shape index (κ1) is 16.1. The summed E-state index contributed by atoms with van der Waals surface area (Å²) < 4.78 is 2.62. The Labute approximate surface area is 132 Å². The smallest absolute Gasteiger partial charge is 0.329 e. The SMILES string of the molecule is CCn1cc(Br)cc1C(=O)NC1(C(=O)O)CCCCC1C. The summed E-state index contributed by atoms with van der Waals surface area (Å²) >= 11 is 3.35. The normalized spacial score (nSPS) is 25.6. The number of hydrogen-bond donors (Lipinski definition) is 2. The van der Waals surface area contributed by atoms with Gasteiger partial charge in [0.1, 0.15) is 11.2 Å². The van der Waals surface area contributed by atoms with Gasteiger partial charge in [0.2, 0.25) is 0 Å². The van der Waals surface area contributed by atoms with Gasteiger partial charge < -0.3 is 15.0 Å². The second kappa shape index (κ2) is 6.22. The van der Waals surface area contributed by atoms with Gasteiger partial charge in [-0.25, -0.2) is 4.79 Å². The Bertz CT molecular complexity index is 555. The molecule has 2 rings (SSSR count). The maximum absolute atomic E-state index is 12.5. The highest BCUT2D eigenvalue weighted by Gasteiger charge is 2.46. The number of halogens is 1. The summed E-state index contributed by atoms with van der Waals surface area (Å²) in [7, 11) is 0. The van der Waals surface area contributed by atoms with E-state index in [0.29, 0.717) is 18.7 Å². The Morgan fingerprint density at radius 2 is 2.24 bits per heavy atom. The summed E-state index contributed by atoms with van der Waals surface area (Å²) in [5.41, 5.74) is -0.659. The molecular formula is C15H21BrN2O3. The molecule has 1 heterocycles. The molecule has 0 radical (unpaired) electrons. The molecule has 0 aliphatic heterocycles. The van der Waals surface area contributed by atoms with Crippen LogP contribution in [0.4, 0.5) is 0 Å². The predicted octanol–water partition coefficient (Wildman–Crippen LogP) is 3.03. The highest BCUT2D eigenvalue weighted by atomic mass is 79.9. The number of aromatic nitrogens is 1. The number of rotatable bonds is 4. The number of amides is 1. The number of hydrogen-bond acceptors (Lipinski definition) is 2. The molecule has 21 heavy (non-hydrogen) atoms. The third kappa shape index (κ3) is 3.00. The first-order valence-corrected chi connectivity index (χ1v) is 8.11. The van der Waals surface area contributed by atoms with Crippen molar-refractivity contribution in [2.75, 3.05) is 0 Å². The van der Waals surface area contributed by atoms with Gasteiger partial charge in [0.15, 0.2) is 0 Å². The van der Waals surface area contributed by atoms with Crippen molar-refractivity contribution in [2.45, 2.75) is 51.6 Å². The minimum absolute atomic E-state index is 0.0684. The lowest BCUT2D eigenvalue weighted by Gasteiger charge is -2.39. The van der Waals surface area contributed by atoms with Crippen molar-refractivity contribution in [1.29, 1.82) is 0 Å². The van der Waals surface area contributed by atoms with Gasteiger partial charge in [0.05, 0.1) is 0 Å². The van der Waals surface area contributed by atoms with Gasteiger partial charge in [-0.05, 0) is 47.7 Å². The summed E-state index contributed by atoms with van der Waals surface area (Å²) in [5.74, 6) is -1.32. The van der Waals surface area contributed by atoms with Crippen LogP contribution in [0, 0.1) is 5.92 Å². The van der Waals surface area contributed by atoms with Gasteiger partial charge in [-0.2, -0.15) is 0 Å². The molecule has 2 atom stereocenters. The molecule has 0 bridgehead atoms. The summed E-state index contributed by atoms with van der Waals surface area (Å²) in [6.45, 7) is 4.51. The Morgan fingerprint density at radius 1 is 1.52 bits per heavy atom. The number of carbonyl (C=O) groups excluding carboxylic acids is 1. The van der Waals surface area contributed by atoms with Crippen LogP contribution in [0.1, 0.15) is 50.0 Å². The molecule has 1 fully saturated rings. The number of nitrogens with zero attached hydrogens (tertiary/aromatic N) is 1. The van der Waals surface area contributed by atoms with Crippen LogP contribution < -0.4 is 5.32 Å². The third-order valence-electron chi connectivity index (χ3n) is 4.45. The molecule has 1 aliphatic rings. The summed E-state index contributed by atoms with van der Waals surface area (Å²) in [4.78, 5) is 24.3. The minimum Gasteiger partial charge on any atom is -0.479 e.